The zero-order valence-corrected chi connectivity index (χ0v) is 12.8. The van der Waals surface area contributed by atoms with Crippen molar-refractivity contribution in [2.75, 3.05) is 0 Å². The fourth-order valence-electron chi connectivity index (χ4n) is 2.14. The van der Waals surface area contributed by atoms with Gasteiger partial charge in [-0.05, 0) is 36.1 Å². The van der Waals surface area contributed by atoms with E-state index in [9.17, 15) is 4.79 Å². The van der Waals surface area contributed by atoms with Gasteiger partial charge in [-0.15, -0.1) is 0 Å². The van der Waals surface area contributed by atoms with Crippen LogP contribution in [0.15, 0.2) is 42.6 Å². The van der Waals surface area contributed by atoms with Crippen molar-refractivity contribution in [3.05, 3.63) is 59.4 Å². The lowest BCUT2D eigenvalue weighted by Crippen LogP contribution is -2.01. The number of carboxylic acids is 1. The van der Waals surface area contributed by atoms with Crippen molar-refractivity contribution in [1.29, 1.82) is 0 Å². The Morgan fingerprint density at radius 1 is 1.09 bits per heavy atom. The van der Waals surface area contributed by atoms with Crippen LogP contribution < -0.4 is 4.74 Å². The molecule has 2 rings (SSSR count). The lowest BCUT2D eigenvalue weighted by atomic mass is 10.1. The van der Waals surface area contributed by atoms with E-state index in [0.29, 0.717) is 12.4 Å². The van der Waals surface area contributed by atoms with Gasteiger partial charge in [-0.2, -0.15) is 0 Å². The fraction of sp³-hybridized carbons (Fsp3) is 0.333. The van der Waals surface area contributed by atoms with Gasteiger partial charge < -0.3 is 9.84 Å². The molecule has 4 nitrogen and oxygen atoms in total. The molecule has 0 aliphatic carbocycles. The first-order chi connectivity index (χ1) is 10.7. The zero-order valence-electron chi connectivity index (χ0n) is 12.8. The van der Waals surface area contributed by atoms with Gasteiger partial charge in [0.25, 0.3) is 0 Å². The van der Waals surface area contributed by atoms with Crippen molar-refractivity contribution in [2.45, 2.75) is 39.2 Å². The highest BCUT2D eigenvalue weighted by molar-refractivity contribution is 5.85. The number of aromatic carboxylic acids is 1. The Bertz CT molecular complexity index is 591. The first-order valence-corrected chi connectivity index (χ1v) is 7.59. The largest absolute Gasteiger partial charge is 0.487 e. The van der Waals surface area contributed by atoms with E-state index < -0.39 is 5.97 Å². The molecule has 0 radical (unpaired) electrons. The minimum Gasteiger partial charge on any atom is -0.487 e. The van der Waals surface area contributed by atoms with E-state index in [0.717, 1.165) is 12.0 Å². The average molecular weight is 299 g/mol. The normalized spacial score (nSPS) is 10.4. The van der Waals surface area contributed by atoms with Crippen molar-refractivity contribution in [1.82, 2.24) is 4.98 Å². The molecule has 0 aliphatic heterocycles. The number of pyridine rings is 1. The molecule has 0 fully saturated rings. The van der Waals surface area contributed by atoms with Crippen LogP contribution in [0.4, 0.5) is 0 Å². The number of benzene rings is 1. The van der Waals surface area contributed by atoms with E-state index in [1.807, 2.05) is 0 Å². The molecular formula is C18H21NO3. The number of hydrogen-bond acceptors (Lipinski definition) is 3. The van der Waals surface area contributed by atoms with Crippen molar-refractivity contribution in [2.24, 2.45) is 0 Å². The van der Waals surface area contributed by atoms with Gasteiger partial charge in [0.05, 0.1) is 6.20 Å². The molecule has 0 amide bonds. The lowest BCUT2D eigenvalue weighted by Gasteiger charge is -2.07. The van der Waals surface area contributed by atoms with Crippen LogP contribution in [-0.2, 0) is 13.0 Å². The number of carbonyl (C=O) groups is 1. The monoisotopic (exact) mass is 299 g/mol. The zero-order chi connectivity index (χ0) is 15.8. The molecule has 0 aliphatic rings. The molecule has 1 aromatic heterocycles. The molecule has 1 heterocycles. The van der Waals surface area contributed by atoms with Gasteiger partial charge in [0.1, 0.15) is 18.1 Å². The Balaban J connectivity index is 1.84. The van der Waals surface area contributed by atoms with E-state index in [1.54, 1.807) is 6.07 Å². The quantitative estimate of drug-likeness (QED) is 0.746. The van der Waals surface area contributed by atoms with Crippen molar-refractivity contribution < 1.29 is 14.6 Å². The van der Waals surface area contributed by atoms with Gasteiger partial charge in [0, 0.05) is 0 Å². The maximum Gasteiger partial charge on any atom is 0.354 e. The van der Waals surface area contributed by atoms with Crippen molar-refractivity contribution in [3.8, 4) is 5.75 Å². The molecule has 4 heteroatoms. The Morgan fingerprint density at radius 3 is 2.41 bits per heavy atom. The van der Waals surface area contributed by atoms with Gasteiger partial charge in [0.2, 0.25) is 0 Å². The summed E-state index contributed by atoms with van der Waals surface area (Å²) in [6.07, 6.45) is 6.29. The summed E-state index contributed by atoms with van der Waals surface area (Å²) in [7, 11) is 0. The summed E-state index contributed by atoms with van der Waals surface area (Å²) >= 11 is 0. The number of unbranched alkanes of at least 4 members (excludes halogenated alkanes) is 2. The van der Waals surface area contributed by atoms with E-state index in [2.05, 4.69) is 36.2 Å². The molecule has 116 valence electrons. The van der Waals surface area contributed by atoms with Gasteiger partial charge in [0.15, 0.2) is 0 Å². The molecule has 1 aromatic carbocycles. The van der Waals surface area contributed by atoms with E-state index >= 15 is 0 Å². The van der Waals surface area contributed by atoms with Gasteiger partial charge in [-0.1, -0.05) is 44.0 Å². The third-order valence-corrected chi connectivity index (χ3v) is 3.45. The van der Waals surface area contributed by atoms with Gasteiger partial charge >= 0.3 is 5.97 Å². The molecule has 1 N–H and O–H groups in total. The Kier molecular flexibility index (Phi) is 5.95. The first kappa shape index (κ1) is 16.0. The lowest BCUT2D eigenvalue weighted by molar-refractivity contribution is 0.0690. The highest BCUT2D eigenvalue weighted by Crippen LogP contribution is 2.13. The summed E-state index contributed by atoms with van der Waals surface area (Å²) in [5, 5.41) is 8.78. The van der Waals surface area contributed by atoms with Crippen molar-refractivity contribution in [3.63, 3.8) is 0 Å². The fourth-order valence-corrected chi connectivity index (χ4v) is 2.14. The number of hydrogen-bond donors (Lipinski definition) is 1. The number of aromatic nitrogens is 1. The molecule has 0 atom stereocenters. The summed E-state index contributed by atoms with van der Waals surface area (Å²) in [6, 6.07) is 11.5. The van der Waals surface area contributed by atoms with Crippen molar-refractivity contribution >= 4 is 5.97 Å². The highest BCUT2D eigenvalue weighted by atomic mass is 16.5. The Labute approximate surface area is 130 Å². The highest BCUT2D eigenvalue weighted by Gasteiger charge is 2.04. The van der Waals surface area contributed by atoms with Crippen LogP contribution >= 0.6 is 0 Å². The molecule has 0 saturated heterocycles. The summed E-state index contributed by atoms with van der Waals surface area (Å²) in [6.45, 7) is 2.65. The molecule has 0 bridgehead atoms. The minimum absolute atomic E-state index is 0.0174. The van der Waals surface area contributed by atoms with Crippen LogP contribution in [0.3, 0.4) is 0 Å². The third kappa shape index (κ3) is 4.88. The average Bonchev–Trinajstić information content (AvgIpc) is 2.55. The predicted molar refractivity (Wildman–Crippen MR) is 85.2 cm³/mol. The molecule has 2 aromatic rings. The SMILES string of the molecule is CCCCCc1ccc(COc2ccc(C(=O)O)nc2)cc1. The minimum atomic E-state index is -1.04. The van der Waals surface area contributed by atoms with Crippen LogP contribution in [0.25, 0.3) is 0 Å². The van der Waals surface area contributed by atoms with E-state index in [1.165, 1.54) is 37.1 Å². The number of nitrogens with zero attached hydrogens (tertiary/aromatic N) is 1. The third-order valence-electron chi connectivity index (χ3n) is 3.45. The van der Waals surface area contributed by atoms with Gasteiger partial charge in [-0.3, -0.25) is 0 Å². The topological polar surface area (TPSA) is 59.4 Å². The Hall–Kier alpha value is -2.36. The van der Waals surface area contributed by atoms with Crippen LogP contribution in [0.5, 0.6) is 5.75 Å². The number of aryl methyl sites for hydroxylation is 1. The van der Waals surface area contributed by atoms with Crippen LogP contribution in [0.1, 0.15) is 47.8 Å². The number of ether oxygens (including phenoxy) is 1. The summed E-state index contributed by atoms with van der Waals surface area (Å²) < 4.78 is 5.61. The van der Waals surface area contributed by atoms with E-state index in [4.69, 9.17) is 9.84 Å². The molecule has 22 heavy (non-hydrogen) atoms. The second-order valence-electron chi connectivity index (χ2n) is 5.25. The molecule has 0 saturated carbocycles. The van der Waals surface area contributed by atoms with Crippen LogP contribution in [0, 0.1) is 0 Å². The molecule has 0 spiro atoms. The predicted octanol–water partition coefficient (Wildman–Crippen LogP) is 4.09. The first-order valence-electron chi connectivity index (χ1n) is 7.59. The van der Waals surface area contributed by atoms with Gasteiger partial charge in [-0.25, -0.2) is 9.78 Å². The smallest absolute Gasteiger partial charge is 0.354 e. The van der Waals surface area contributed by atoms with Crippen LogP contribution in [-0.4, -0.2) is 16.1 Å². The van der Waals surface area contributed by atoms with E-state index in [-0.39, 0.29) is 5.69 Å². The number of rotatable bonds is 8. The second-order valence-corrected chi connectivity index (χ2v) is 5.25. The number of carboxylic acid groups (broad SMARTS) is 1. The van der Waals surface area contributed by atoms with Crippen LogP contribution in [0.2, 0.25) is 0 Å². The Morgan fingerprint density at radius 2 is 1.82 bits per heavy atom. The summed E-state index contributed by atoms with van der Waals surface area (Å²) in [5.41, 5.74) is 2.45. The maximum atomic E-state index is 10.7. The summed E-state index contributed by atoms with van der Waals surface area (Å²) in [5.74, 6) is -0.470. The second kappa shape index (κ2) is 8.17. The molecular weight excluding hydrogens is 278 g/mol. The standard InChI is InChI=1S/C18H21NO3/c1-2-3-4-5-14-6-8-15(9-7-14)13-22-16-10-11-17(18(20)21)19-12-16/h6-12H,2-5,13H2,1H3,(H,20,21). The molecule has 0 unspecified atom stereocenters. The summed E-state index contributed by atoms with van der Waals surface area (Å²) in [4.78, 5) is 14.5. The maximum absolute atomic E-state index is 10.7.